The molecule has 0 radical (unpaired) electrons. The van der Waals surface area contributed by atoms with Crippen LogP contribution in [0.4, 0.5) is 0 Å². The van der Waals surface area contributed by atoms with Gasteiger partial charge in [0, 0.05) is 6.54 Å². The van der Waals surface area contributed by atoms with Crippen LogP contribution in [0, 0.1) is 0 Å². The summed E-state index contributed by atoms with van der Waals surface area (Å²) in [7, 11) is 0. The lowest BCUT2D eigenvalue weighted by molar-refractivity contribution is -0.142. The minimum atomic E-state index is -1.06. The third-order valence-electron chi connectivity index (χ3n) is 1.60. The van der Waals surface area contributed by atoms with Crippen molar-refractivity contribution >= 4 is 23.5 Å². The van der Waals surface area contributed by atoms with Crippen LogP contribution in [0.3, 0.4) is 0 Å². The first-order chi connectivity index (χ1) is 8.09. The summed E-state index contributed by atoms with van der Waals surface area (Å²) in [5.41, 5.74) is 0.0933. The monoisotopic (exact) mass is 259 g/mol. The lowest BCUT2D eigenvalue weighted by Gasteiger charge is -2.04. The number of rotatable bonds is 6. The zero-order valence-corrected chi connectivity index (χ0v) is 9.48. The zero-order chi connectivity index (χ0) is 12.7. The molecule has 2 N–H and O–H groups in total. The number of hydrogen-bond acceptors (Lipinski definition) is 5. The summed E-state index contributed by atoms with van der Waals surface area (Å²) in [6.07, 6.45) is 2.59. The van der Waals surface area contributed by atoms with Crippen molar-refractivity contribution in [3.8, 4) is 0 Å². The lowest BCUT2D eigenvalue weighted by atomic mass is 10.4. The molecular weight excluding hydrogens is 250 g/mol. The molecule has 0 atom stereocenters. The molecule has 0 bridgehead atoms. The Bertz CT molecular complexity index is 413. The van der Waals surface area contributed by atoms with Crippen molar-refractivity contribution in [3.05, 3.63) is 23.2 Å². The molecule has 7 nitrogen and oxygen atoms in total. The summed E-state index contributed by atoms with van der Waals surface area (Å²) in [4.78, 5) is 29.0. The van der Waals surface area contributed by atoms with Crippen LogP contribution in [0.25, 0.3) is 0 Å². The third-order valence-corrected chi connectivity index (χ3v) is 1.78. The number of aromatic nitrogens is 2. The van der Waals surface area contributed by atoms with E-state index in [1.807, 2.05) is 0 Å². The van der Waals surface area contributed by atoms with Crippen LogP contribution in [0.5, 0.6) is 0 Å². The van der Waals surface area contributed by atoms with Gasteiger partial charge in [-0.15, -0.1) is 0 Å². The highest BCUT2D eigenvalue weighted by Crippen LogP contribution is 2.01. The summed E-state index contributed by atoms with van der Waals surface area (Å²) >= 11 is 5.56. The van der Waals surface area contributed by atoms with E-state index in [-0.39, 0.29) is 24.0 Å². The molecule has 1 heterocycles. The second-order valence-electron chi connectivity index (χ2n) is 2.93. The number of aliphatic carboxylic acids is 1. The predicted octanol–water partition coefficient (Wildman–Crippen LogP) is -0.0390. The molecule has 1 aromatic rings. The molecule has 0 unspecified atom stereocenters. The van der Waals surface area contributed by atoms with Crippen molar-refractivity contribution in [2.75, 3.05) is 19.8 Å². The number of carbonyl (C=O) groups is 2. The van der Waals surface area contributed by atoms with E-state index in [0.29, 0.717) is 0 Å². The van der Waals surface area contributed by atoms with Crippen LogP contribution >= 0.6 is 11.6 Å². The Kier molecular flexibility index (Phi) is 5.31. The zero-order valence-electron chi connectivity index (χ0n) is 8.72. The number of hydrogen-bond donors (Lipinski definition) is 2. The number of carboxylic acids is 1. The predicted molar refractivity (Wildman–Crippen MR) is 57.8 cm³/mol. The van der Waals surface area contributed by atoms with Crippen molar-refractivity contribution in [1.82, 2.24) is 15.3 Å². The molecular formula is C9H10ClN3O4. The van der Waals surface area contributed by atoms with Crippen molar-refractivity contribution in [2.24, 2.45) is 0 Å². The van der Waals surface area contributed by atoms with E-state index < -0.39 is 18.5 Å². The summed E-state index contributed by atoms with van der Waals surface area (Å²) in [5.74, 6) is -1.50. The van der Waals surface area contributed by atoms with Crippen LogP contribution < -0.4 is 5.32 Å². The maximum Gasteiger partial charge on any atom is 0.329 e. The van der Waals surface area contributed by atoms with Crippen molar-refractivity contribution in [1.29, 1.82) is 0 Å². The first kappa shape index (κ1) is 13.3. The van der Waals surface area contributed by atoms with Gasteiger partial charge in [0.15, 0.2) is 0 Å². The Morgan fingerprint density at radius 3 is 2.88 bits per heavy atom. The summed E-state index contributed by atoms with van der Waals surface area (Å²) in [6.45, 7) is -0.112. The molecule has 8 heteroatoms. The van der Waals surface area contributed by atoms with Crippen LogP contribution in [0.2, 0.25) is 5.15 Å². The van der Waals surface area contributed by atoms with Gasteiger partial charge in [-0.05, 0) is 0 Å². The van der Waals surface area contributed by atoms with Gasteiger partial charge < -0.3 is 15.2 Å². The molecule has 0 aromatic carbocycles. The van der Waals surface area contributed by atoms with E-state index in [0.717, 1.165) is 0 Å². The fourth-order valence-corrected chi connectivity index (χ4v) is 1.09. The molecule has 0 saturated heterocycles. The fraction of sp³-hybridized carbons (Fsp3) is 0.333. The molecule has 92 valence electrons. The maximum atomic E-state index is 11.4. The molecule has 1 amide bonds. The molecule has 0 aliphatic heterocycles. The molecule has 17 heavy (non-hydrogen) atoms. The average Bonchev–Trinajstić information content (AvgIpc) is 2.28. The number of amides is 1. The third kappa shape index (κ3) is 5.23. The molecule has 0 spiro atoms. The quantitative estimate of drug-likeness (QED) is 0.695. The number of carbonyl (C=O) groups excluding carboxylic acids is 1. The van der Waals surface area contributed by atoms with Gasteiger partial charge in [0.1, 0.15) is 17.5 Å². The van der Waals surface area contributed by atoms with Gasteiger partial charge in [0.2, 0.25) is 0 Å². The topological polar surface area (TPSA) is 101 Å². The average molecular weight is 260 g/mol. The van der Waals surface area contributed by atoms with E-state index in [4.69, 9.17) is 21.4 Å². The lowest BCUT2D eigenvalue weighted by Crippen LogP contribution is -2.28. The van der Waals surface area contributed by atoms with Gasteiger partial charge in [-0.1, -0.05) is 11.6 Å². The minimum absolute atomic E-state index is 0.0933. The standard InChI is InChI=1S/C9H10ClN3O4/c10-7-4-11-3-6(13-7)9(16)12-1-2-17-5-8(14)15/h3-4H,1-2,5H2,(H,12,16)(H,14,15). The van der Waals surface area contributed by atoms with Crippen LogP contribution in [-0.2, 0) is 9.53 Å². The van der Waals surface area contributed by atoms with E-state index >= 15 is 0 Å². The molecule has 0 saturated carbocycles. The summed E-state index contributed by atoms with van der Waals surface area (Å²) < 4.78 is 4.73. The molecule has 0 aliphatic rings. The second-order valence-corrected chi connectivity index (χ2v) is 3.32. The highest BCUT2D eigenvalue weighted by atomic mass is 35.5. The molecule has 1 rings (SSSR count). The molecule has 0 aliphatic carbocycles. The molecule has 1 aromatic heterocycles. The highest BCUT2D eigenvalue weighted by Gasteiger charge is 2.07. The smallest absolute Gasteiger partial charge is 0.329 e. The van der Waals surface area contributed by atoms with E-state index in [1.54, 1.807) is 0 Å². The van der Waals surface area contributed by atoms with Crippen LogP contribution in [0.1, 0.15) is 10.5 Å². The number of ether oxygens (including phenoxy) is 1. The summed E-state index contributed by atoms with van der Waals surface area (Å²) in [5, 5.41) is 10.9. The van der Waals surface area contributed by atoms with Gasteiger partial charge in [0.05, 0.1) is 19.0 Å². The van der Waals surface area contributed by atoms with Gasteiger partial charge in [-0.2, -0.15) is 0 Å². The van der Waals surface area contributed by atoms with E-state index in [2.05, 4.69) is 15.3 Å². The Morgan fingerprint density at radius 2 is 2.24 bits per heavy atom. The highest BCUT2D eigenvalue weighted by molar-refractivity contribution is 6.29. The van der Waals surface area contributed by atoms with Crippen molar-refractivity contribution < 1.29 is 19.4 Å². The van der Waals surface area contributed by atoms with E-state index in [9.17, 15) is 9.59 Å². The second kappa shape index (κ2) is 6.77. The minimum Gasteiger partial charge on any atom is -0.480 e. The van der Waals surface area contributed by atoms with Crippen molar-refractivity contribution in [3.63, 3.8) is 0 Å². The van der Waals surface area contributed by atoms with Crippen LogP contribution in [-0.4, -0.2) is 46.7 Å². The fourth-order valence-electron chi connectivity index (χ4n) is 0.938. The number of nitrogens with zero attached hydrogens (tertiary/aromatic N) is 2. The van der Waals surface area contributed by atoms with E-state index in [1.165, 1.54) is 12.4 Å². The maximum absolute atomic E-state index is 11.4. The SMILES string of the molecule is O=C(O)COCCNC(=O)c1cncc(Cl)n1. The number of halogens is 1. The Labute approximate surface area is 102 Å². The first-order valence-electron chi connectivity index (χ1n) is 4.65. The van der Waals surface area contributed by atoms with Crippen molar-refractivity contribution in [2.45, 2.75) is 0 Å². The van der Waals surface area contributed by atoms with Gasteiger partial charge in [0.25, 0.3) is 5.91 Å². The Hall–Kier alpha value is -1.73. The van der Waals surface area contributed by atoms with Gasteiger partial charge in [-0.3, -0.25) is 9.78 Å². The Morgan fingerprint density at radius 1 is 1.47 bits per heavy atom. The molecule has 0 fully saturated rings. The largest absolute Gasteiger partial charge is 0.480 e. The van der Waals surface area contributed by atoms with Crippen LogP contribution in [0.15, 0.2) is 12.4 Å². The first-order valence-corrected chi connectivity index (χ1v) is 5.02. The number of carboxylic acid groups (broad SMARTS) is 1. The van der Waals surface area contributed by atoms with Gasteiger partial charge in [-0.25, -0.2) is 9.78 Å². The normalized spacial score (nSPS) is 9.94. The summed E-state index contributed by atoms with van der Waals surface area (Å²) in [6, 6.07) is 0. The van der Waals surface area contributed by atoms with Gasteiger partial charge >= 0.3 is 5.97 Å². The Balaban J connectivity index is 2.28. The number of nitrogens with one attached hydrogen (secondary N) is 1.